The Morgan fingerprint density at radius 1 is 1.24 bits per heavy atom. The number of fused-ring (bicyclic) bond motifs is 1. The number of hydrogen-bond donors (Lipinski definition) is 2. The van der Waals surface area contributed by atoms with Crippen molar-refractivity contribution in [2.45, 2.75) is 32.1 Å². The first kappa shape index (κ1) is 14.1. The molecule has 1 fully saturated rings. The van der Waals surface area contributed by atoms with Crippen LogP contribution in [-0.2, 0) is 6.42 Å². The highest BCUT2D eigenvalue weighted by Crippen LogP contribution is 2.19. The topological polar surface area (TPSA) is 69.2 Å². The molecule has 5 heteroatoms. The predicted molar refractivity (Wildman–Crippen MR) is 82.6 cm³/mol. The maximum Gasteiger partial charge on any atom is 0.258 e. The SMILES string of the molecule is O=c1[nH]c(CCCN2CCCCC2)nc2c(O)cccc12. The minimum atomic E-state index is -0.177. The smallest absolute Gasteiger partial charge is 0.258 e. The highest BCUT2D eigenvalue weighted by atomic mass is 16.3. The molecule has 112 valence electrons. The second kappa shape index (κ2) is 6.26. The molecular weight excluding hydrogens is 266 g/mol. The fraction of sp³-hybridized carbons (Fsp3) is 0.500. The van der Waals surface area contributed by atoms with E-state index in [2.05, 4.69) is 14.9 Å². The van der Waals surface area contributed by atoms with Crippen LogP contribution in [0, 0.1) is 0 Å². The zero-order chi connectivity index (χ0) is 14.7. The lowest BCUT2D eigenvalue weighted by Crippen LogP contribution is -2.30. The van der Waals surface area contributed by atoms with E-state index in [-0.39, 0.29) is 11.3 Å². The van der Waals surface area contributed by atoms with Gasteiger partial charge < -0.3 is 15.0 Å². The molecule has 2 heterocycles. The molecule has 0 saturated carbocycles. The fourth-order valence-corrected chi connectivity index (χ4v) is 2.96. The van der Waals surface area contributed by atoms with Gasteiger partial charge in [0, 0.05) is 6.42 Å². The van der Waals surface area contributed by atoms with Gasteiger partial charge in [0.25, 0.3) is 5.56 Å². The van der Waals surface area contributed by atoms with E-state index in [1.165, 1.54) is 32.4 Å². The normalized spacial score (nSPS) is 16.4. The summed E-state index contributed by atoms with van der Waals surface area (Å²) < 4.78 is 0. The fourth-order valence-electron chi connectivity index (χ4n) is 2.96. The summed E-state index contributed by atoms with van der Waals surface area (Å²) in [5, 5.41) is 10.3. The number of hydrogen-bond acceptors (Lipinski definition) is 4. The van der Waals surface area contributed by atoms with E-state index < -0.39 is 0 Å². The second-order valence-electron chi connectivity index (χ2n) is 5.69. The Morgan fingerprint density at radius 3 is 2.86 bits per heavy atom. The first-order valence-electron chi connectivity index (χ1n) is 7.67. The van der Waals surface area contributed by atoms with Crippen LogP contribution in [0.25, 0.3) is 10.9 Å². The number of phenolic OH excluding ortho intramolecular Hbond substituents is 1. The molecule has 1 saturated heterocycles. The highest BCUT2D eigenvalue weighted by Gasteiger charge is 2.11. The van der Waals surface area contributed by atoms with Gasteiger partial charge in [-0.3, -0.25) is 4.79 Å². The minimum absolute atomic E-state index is 0.0656. The van der Waals surface area contributed by atoms with Crippen molar-refractivity contribution in [1.29, 1.82) is 0 Å². The molecule has 3 rings (SSSR count). The standard InChI is InChI=1S/C16H21N3O2/c20-13-7-4-6-12-15(13)17-14(18-16(12)21)8-5-11-19-9-2-1-3-10-19/h4,6-7,20H,1-3,5,8-11H2,(H,17,18,21). The van der Waals surface area contributed by atoms with Crippen molar-refractivity contribution in [2.75, 3.05) is 19.6 Å². The van der Waals surface area contributed by atoms with Gasteiger partial charge in [0.2, 0.25) is 0 Å². The van der Waals surface area contributed by atoms with Gasteiger partial charge >= 0.3 is 0 Å². The van der Waals surface area contributed by atoms with E-state index in [9.17, 15) is 9.90 Å². The Labute approximate surface area is 123 Å². The van der Waals surface area contributed by atoms with Crippen LogP contribution in [0.15, 0.2) is 23.0 Å². The quantitative estimate of drug-likeness (QED) is 0.903. The summed E-state index contributed by atoms with van der Waals surface area (Å²) >= 11 is 0. The third-order valence-electron chi connectivity index (χ3n) is 4.10. The van der Waals surface area contributed by atoms with Crippen LogP contribution in [-0.4, -0.2) is 39.6 Å². The lowest BCUT2D eigenvalue weighted by Gasteiger charge is -2.26. The van der Waals surface area contributed by atoms with Gasteiger partial charge in [0.05, 0.1) is 5.39 Å². The Balaban J connectivity index is 1.69. The number of piperidine rings is 1. The molecule has 0 radical (unpaired) electrons. The van der Waals surface area contributed by atoms with Crippen molar-refractivity contribution in [3.8, 4) is 5.75 Å². The molecule has 0 amide bonds. The van der Waals surface area contributed by atoms with E-state index in [1.807, 2.05) is 0 Å². The largest absolute Gasteiger partial charge is 0.506 e. The van der Waals surface area contributed by atoms with Crippen LogP contribution >= 0.6 is 0 Å². The summed E-state index contributed by atoms with van der Waals surface area (Å²) in [7, 11) is 0. The molecule has 1 aliphatic heterocycles. The van der Waals surface area contributed by atoms with Crippen molar-refractivity contribution >= 4 is 10.9 Å². The second-order valence-corrected chi connectivity index (χ2v) is 5.69. The molecule has 0 atom stereocenters. The third-order valence-corrected chi connectivity index (χ3v) is 4.10. The minimum Gasteiger partial charge on any atom is -0.506 e. The van der Waals surface area contributed by atoms with Crippen molar-refractivity contribution in [3.05, 3.63) is 34.4 Å². The van der Waals surface area contributed by atoms with E-state index in [0.29, 0.717) is 16.7 Å². The molecule has 1 aromatic carbocycles. The number of aryl methyl sites for hydroxylation is 1. The Morgan fingerprint density at radius 2 is 2.05 bits per heavy atom. The molecule has 5 nitrogen and oxygen atoms in total. The lowest BCUT2D eigenvalue weighted by atomic mass is 10.1. The number of aromatic nitrogens is 2. The first-order chi connectivity index (χ1) is 10.2. The average Bonchev–Trinajstić information content (AvgIpc) is 2.50. The van der Waals surface area contributed by atoms with E-state index in [0.717, 1.165) is 19.4 Å². The molecule has 0 bridgehead atoms. The third kappa shape index (κ3) is 3.24. The van der Waals surface area contributed by atoms with Gasteiger partial charge in [-0.1, -0.05) is 12.5 Å². The number of benzene rings is 1. The molecule has 2 N–H and O–H groups in total. The summed E-state index contributed by atoms with van der Waals surface area (Å²) in [4.78, 5) is 21.7. The molecule has 1 aliphatic rings. The van der Waals surface area contributed by atoms with Gasteiger partial charge in [-0.05, 0) is 51.0 Å². The number of para-hydroxylation sites is 1. The first-order valence-corrected chi connectivity index (χ1v) is 7.67. The summed E-state index contributed by atoms with van der Waals surface area (Å²) in [6.07, 6.45) is 5.63. The number of rotatable bonds is 4. The predicted octanol–water partition coefficient (Wildman–Crippen LogP) is 2.05. The highest BCUT2D eigenvalue weighted by molar-refractivity contribution is 5.83. The average molecular weight is 287 g/mol. The number of nitrogens with one attached hydrogen (secondary N) is 1. The van der Waals surface area contributed by atoms with Gasteiger partial charge in [-0.25, -0.2) is 4.98 Å². The van der Waals surface area contributed by atoms with E-state index in [1.54, 1.807) is 18.2 Å². The lowest BCUT2D eigenvalue weighted by molar-refractivity contribution is 0.226. The molecule has 1 aromatic heterocycles. The van der Waals surface area contributed by atoms with Gasteiger partial charge in [0.15, 0.2) is 0 Å². The van der Waals surface area contributed by atoms with Crippen LogP contribution in [0.2, 0.25) is 0 Å². The van der Waals surface area contributed by atoms with Gasteiger partial charge in [-0.2, -0.15) is 0 Å². The number of H-pyrrole nitrogens is 1. The number of aromatic hydroxyl groups is 1. The Kier molecular flexibility index (Phi) is 4.20. The number of phenols is 1. The Hall–Kier alpha value is -1.88. The summed E-state index contributed by atoms with van der Waals surface area (Å²) in [5.74, 6) is 0.724. The summed E-state index contributed by atoms with van der Waals surface area (Å²) in [6.45, 7) is 3.41. The van der Waals surface area contributed by atoms with E-state index in [4.69, 9.17) is 0 Å². The molecule has 0 spiro atoms. The van der Waals surface area contributed by atoms with Crippen LogP contribution < -0.4 is 5.56 Å². The maximum absolute atomic E-state index is 12.0. The zero-order valence-electron chi connectivity index (χ0n) is 12.1. The molecule has 0 aliphatic carbocycles. The molecule has 2 aromatic rings. The Bertz CT molecular complexity index is 675. The van der Waals surface area contributed by atoms with Gasteiger partial charge in [0.1, 0.15) is 17.1 Å². The van der Waals surface area contributed by atoms with Crippen LogP contribution in [0.1, 0.15) is 31.5 Å². The zero-order valence-corrected chi connectivity index (χ0v) is 12.1. The summed E-state index contributed by atoms with van der Waals surface area (Å²) in [6, 6.07) is 4.90. The van der Waals surface area contributed by atoms with Crippen LogP contribution in [0.4, 0.5) is 0 Å². The molecular formula is C16H21N3O2. The number of aromatic amines is 1. The number of nitrogens with zero attached hydrogens (tertiary/aromatic N) is 2. The summed E-state index contributed by atoms with van der Waals surface area (Å²) in [5.41, 5.74) is 0.220. The monoisotopic (exact) mass is 287 g/mol. The molecule has 21 heavy (non-hydrogen) atoms. The van der Waals surface area contributed by atoms with Gasteiger partial charge in [-0.15, -0.1) is 0 Å². The molecule has 0 unspecified atom stereocenters. The van der Waals surface area contributed by atoms with E-state index >= 15 is 0 Å². The van der Waals surface area contributed by atoms with Crippen molar-refractivity contribution < 1.29 is 5.11 Å². The van der Waals surface area contributed by atoms with Crippen molar-refractivity contribution in [1.82, 2.24) is 14.9 Å². The van der Waals surface area contributed by atoms with Crippen LogP contribution in [0.5, 0.6) is 5.75 Å². The van der Waals surface area contributed by atoms with Crippen molar-refractivity contribution in [2.24, 2.45) is 0 Å². The maximum atomic E-state index is 12.0. The van der Waals surface area contributed by atoms with Crippen LogP contribution in [0.3, 0.4) is 0 Å². The number of likely N-dealkylation sites (tertiary alicyclic amines) is 1. The van der Waals surface area contributed by atoms with Crippen molar-refractivity contribution in [3.63, 3.8) is 0 Å².